The Morgan fingerprint density at radius 1 is 1.50 bits per heavy atom. The van der Waals surface area contributed by atoms with Crippen LogP contribution in [-0.4, -0.2) is 54.7 Å². The molecule has 0 aliphatic carbocycles. The molecular formula is C12H16N4O4. The van der Waals surface area contributed by atoms with E-state index in [1.54, 1.807) is 6.20 Å². The van der Waals surface area contributed by atoms with E-state index >= 15 is 0 Å². The lowest BCUT2D eigenvalue weighted by molar-refractivity contribution is -0.0641. The second-order valence-electron chi connectivity index (χ2n) is 5.13. The van der Waals surface area contributed by atoms with Crippen molar-refractivity contribution in [3.63, 3.8) is 0 Å². The van der Waals surface area contributed by atoms with Gasteiger partial charge in [0, 0.05) is 11.8 Å². The van der Waals surface area contributed by atoms with Crippen LogP contribution in [0.4, 0.5) is 5.82 Å². The molecule has 3 heterocycles. The number of nitrogens with one attached hydrogen (secondary N) is 1. The Balaban J connectivity index is 2.10. The number of nitrogen functional groups attached to an aromatic ring is 1. The number of fused-ring (bicyclic) bond motifs is 1. The van der Waals surface area contributed by atoms with Crippen LogP contribution in [0.2, 0.25) is 0 Å². The minimum absolute atomic E-state index is 0.290. The number of ether oxygens (including phenoxy) is 1. The van der Waals surface area contributed by atoms with Crippen molar-refractivity contribution in [3.8, 4) is 0 Å². The first-order chi connectivity index (χ1) is 9.46. The van der Waals surface area contributed by atoms with Crippen molar-refractivity contribution in [3.05, 3.63) is 18.1 Å². The predicted octanol–water partition coefficient (Wildman–Crippen LogP) is -0.916. The summed E-state index contributed by atoms with van der Waals surface area (Å²) in [6.07, 6.45) is 0.0680. The average Bonchev–Trinajstić information content (AvgIpc) is 2.92. The number of anilines is 1. The van der Waals surface area contributed by atoms with E-state index in [4.69, 9.17) is 10.5 Å². The summed E-state index contributed by atoms with van der Waals surface area (Å²) in [6, 6.07) is 0. The number of aromatic nitrogens is 3. The van der Waals surface area contributed by atoms with Gasteiger partial charge in [0.1, 0.15) is 35.8 Å². The Bertz CT molecular complexity index is 641. The molecule has 2 aromatic heterocycles. The third-order valence-corrected chi connectivity index (χ3v) is 3.78. The molecule has 0 amide bonds. The van der Waals surface area contributed by atoms with Crippen LogP contribution in [0, 0.1) is 0 Å². The number of nitrogens with zero attached hydrogens (tertiary/aromatic N) is 2. The Hall–Kier alpha value is -1.74. The van der Waals surface area contributed by atoms with E-state index in [-0.39, 0.29) is 12.4 Å². The monoisotopic (exact) mass is 280 g/mol. The molecule has 4 atom stereocenters. The van der Waals surface area contributed by atoms with Crippen LogP contribution < -0.4 is 5.73 Å². The van der Waals surface area contributed by atoms with Gasteiger partial charge in [-0.25, -0.2) is 9.97 Å². The molecular weight excluding hydrogens is 264 g/mol. The quantitative estimate of drug-likeness (QED) is 0.480. The lowest BCUT2D eigenvalue weighted by atomic mass is 9.89. The first kappa shape index (κ1) is 13.3. The highest BCUT2D eigenvalue weighted by atomic mass is 16.6. The third kappa shape index (κ3) is 1.70. The van der Waals surface area contributed by atoms with Crippen LogP contribution >= 0.6 is 0 Å². The number of hydrogen-bond donors (Lipinski definition) is 5. The molecule has 0 radical (unpaired) electrons. The van der Waals surface area contributed by atoms with Crippen LogP contribution in [0.15, 0.2) is 12.5 Å². The Kier molecular flexibility index (Phi) is 2.91. The Labute approximate surface area is 114 Å². The number of aliphatic hydroxyl groups excluding tert-OH is 2. The van der Waals surface area contributed by atoms with Gasteiger partial charge >= 0.3 is 0 Å². The summed E-state index contributed by atoms with van der Waals surface area (Å²) in [7, 11) is 0. The summed E-state index contributed by atoms with van der Waals surface area (Å²) in [6.45, 7) is 1.08. The molecule has 8 heteroatoms. The van der Waals surface area contributed by atoms with Crippen molar-refractivity contribution >= 4 is 16.9 Å². The average molecular weight is 280 g/mol. The largest absolute Gasteiger partial charge is 0.394 e. The molecule has 6 N–H and O–H groups in total. The van der Waals surface area contributed by atoms with Crippen LogP contribution in [0.1, 0.15) is 18.6 Å². The molecule has 1 aliphatic heterocycles. The minimum atomic E-state index is -1.54. The van der Waals surface area contributed by atoms with Crippen molar-refractivity contribution in [2.45, 2.75) is 30.8 Å². The fourth-order valence-corrected chi connectivity index (χ4v) is 2.63. The van der Waals surface area contributed by atoms with E-state index < -0.39 is 23.9 Å². The van der Waals surface area contributed by atoms with Gasteiger partial charge in [0.15, 0.2) is 5.82 Å². The molecule has 1 saturated heterocycles. The van der Waals surface area contributed by atoms with Crippen molar-refractivity contribution in [2.24, 2.45) is 0 Å². The summed E-state index contributed by atoms with van der Waals surface area (Å²) >= 11 is 0. The second kappa shape index (κ2) is 4.38. The van der Waals surface area contributed by atoms with Crippen LogP contribution in [0.25, 0.3) is 11.0 Å². The van der Waals surface area contributed by atoms with Gasteiger partial charge in [-0.2, -0.15) is 0 Å². The lowest BCUT2D eigenvalue weighted by Crippen LogP contribution is -2.42. The molecule has 1 aliphatic rings. The van der Waals surface area contributed by atoms with E-state index in [2.05, 4.69) is 15.0 Å². The van der Waals surface area contributed by atoms with Crippen molar-refractivity contribution < 1.29 is 20.1 Å². The molecule has 0 spiro atoms. The maximum atomic E-state index is 10.5. The van der Waals surface area contributed by atoms with Crippen LogP contribution in [0.3, 0.4) is 0 Å². The van der Waals surface area contributed by atoms with Crippen molar-refractivity contribution in [1.82, 2.24) is 15.0 Å². The van der Waals surface area contributed by atoms with Gasteiger partial charge in [-0.15, -0.1) is 0 Å². The van der Waals surface area contributed by atoms with Crippen LogP contribution in [-0.2, 0) is 4.74 Å². The highest BCUT2D eigenvalue weighted by molar-refractivity contribution is 5.87. The first-order valence-corrected chi connectivity index (χ1v) is 6.21. The Morgan fingerprint density at radius 2 is 2.25 bits per heavy atom. The van der Waals surface area contributed by atoms with Gasteiger partial charge in [0.25, 0.3) is 0 Å². The number of rotatable bonds is 2. The molecule has 2 unspecified atom stereocenters. The summed E-state index contributed by atoms with van der Waals surface area (Å²) in [5.74, 6) is 0.290. The maximum absolute atomic E-state index is 10.5. The van der Waals surface area contributed by atoms with Gasteiger partial charge in [0.2, 0.25) is 0 Å². The smallest absolute Gasteiger partial charge is 0.151 e. The molecule has 3 rings (SSSR count). The standard InChI is InChI=1S/C12H16N4O4/c1-12(19)9(18)6(3-17)20-10(12)5-2-14-8-7(5)15-4-16-11(8)13/h2,4,6,9-10,14,17-19H,3H2,1H3,(H2,13,15,16)/t6?,9-,10?,12-/m1/s1. The SMILES string of the molecule is C[C@]1(O)C(c2c[nH]c3c(N)ncnc23)OC(CO)[C@H]1O. The lowest BCUT2D eigenvalue weighted by Gasteiger charge is -2.26. The number of nitrogens with two attached hydrogens (primary N) is 1. The predicted molar refractivity (Wildman–Crippen MR) is 69.6 cm³/mol. The van der Waals surface area contributed by atoms with Crippen LogP contribution in [0.5, 0.6) is 0 Å². The summed E-state index contributed by atoms with van der Waals surface area (Å²) < 4.78 is 5.56. The molecule has 1 fully saturated rings. The van der Waals surface area contributed by atoms with Gasteiger partial charge in [0.05, 0.1) is 12.1 Å². The highest BCUT2D eigenvalue weighted by Crippen LogP contribution is 2.43. The summed E-state index contributed by atoms with van der Waals surface area (Å²) in [5.41, 5.74) is 5.83. The fourth-order valence-electron chi connectivity index (χ4n) is 2.63. The normalized spacial score (nSPS) is 33.9. The van der Waals surface area contributed by atoms with Gasteiger partial charge in [-0.1, -0.05) is 0 Å². The number of aliphatic hydroxyl groups is 3. The van der Waals surface area contributed by atoms with E-state index in [0.717, 1.165) is 0 Å². The van der Waals surface area contributed by atoms with E-state index in [9.17, 15) is 15.3 Å². The third-order valence-electron chi connectivity index (χ3n) is 3.78. The summed E-state index contributed by atoms with van der Waals surface area (Å²) in [5, 5.41) is 29.7. The minimum Gasteiger partial charge on any atom is -0.394 e. The molecule has 8 nitrogen and oxygen atoms in total. The molecule has 20 heavy (non-hydrogen) atoms. The molecule has 108 valence electrons. The van der Waals surface area contributed by atoms with E-state index in [0.29, 0.717) is 16.6 Å². The molecule has 0 saturated carbocycles. The molecule has 2 aromatic rings. The van der Waals surface area contributed by atoms with Gasteiger partial charge in [-0.3, -0.25) is 0 Å². The van der Waals surface area contributed by atoms with E-state index in [1.165, 1.54) is 13.3 Å². The van der Waals surface area contributed by atoms with Crippen molar-refractivity contribution in [1.29, 1.82) is 0 Å². The first-order valence-electron chi connectivity index (χ1n) is 6.21. The topological polar surface area (TPSA) is 138 Å². The zero-order valence-electron chi connectivity index (χ0n) is 10.8. The fraction of sp³-hybridized carbons (Fsp3) is 0.500. The number of hydrogen-bond acceptors (Lipinski definition) is 7. The zero-order chi connectivity index (χ0) is 14.5. The zero-order valence-corrected chi connectivity index (χ0v) is 10.8. The molecule has 0 aromatic carbocycles. The number of aromatic amines is 1. The maximum Gasteiger partial charge on any atom is 0.151 e. The molecule has 0 bridgehead atoms. The summed E-state index contributed by atoms with van der Waals surface area (Å²) in [4.78, 5) is 10.9. The van der Waals surface area contributed by atoms with Crippen molar-refractivity contribution in [2.75, 3.05) is 12.3 Å². The van der Waals surface area contributed by atoms with E-state index in [1.807, 2.05) is 0 Å². The van der Waals surface area contributed by atoms with Gasteiger partial charge in [-0.05, 0) is 6.92 Å². The highest BCUT2D eigenvalue weighted by Gasteiger charge is 2.53. The Morgan fingerprint density at radius 3 is 2.90 bits per heavy atom. The number of H-pyrrole nitrogens is 1. The van der Waals surface area contributed by atoms with Gasteiger partial charge < -0.3 is 30.8 Å². The second-order valence-corrected chi connectivity index (χ2v) is 5.13.